The van der Waals surface area contributed by atoms with E-state index in [9.17, 15) is 13.2 Å². The highest BCUT2D eigenvalue weighted by Crippen LogP contribution is 2.28. The van der Waals surface area contributed by atoms with Crippen molar-refractivity contribution in [3.05, 3.63) is 76.6 Å². The van der Waals surface area contributed by atoms with Gasteiger partial charge >= 0.3 is 0 Å². The van der Waals surface area contributed by atoms with E-state index in [1.807, 2.05) is 29.6 Å². The number of sulfone groups is 1. The summed E-state index contributed by atoms with van der Waals surface area (Å²) in [7, 11) is -3.46. The Morgan fingerprint density at radius 3 is 2.26 bits per heavy atom. The van der Waals surface area contributed by atoms with E-state index < -0.39 is 15.1 Å². The zero-order chi connectivity index (χ0) is 19.0. The third-order valence-electron chi connectivity index (χ3n) is 4.65. The molecule has 1 fully saturated rings. The molecule has 0 spiro atoms. The maximum atomic E-state index is 12.6. The zero-order valence-electron chi connectivity index (χ0n) is 14.2. The Morgan fingerprint density at radius 2 is 1.67 bits per heavy atom. The first-order valence-electron chi connectivity index (χ1n) is 8.38. The Kier molecular flexibility index (Phi) is 4.80. The summed E-state index contributed by atoms with van der Waals surface area (Å²) in [4.78, 5) is 15.5. The first-order chi connectivity index (χ1) is 12.9. The van der Waals surface area contributed by atoms with Crippen LogP contribution in [0.5, 0.6) is 0 Å². The van der Waals surface area contributed by atoms with Crippen molar-refractivity contribution in [1.29, 1.82) is 0 Å². The van der Waals surface area contributed by atoms with E-state index >= 15 is 0 Å². The van der Waals surface area contributed by atoms with Gasteiger partial charge in [0.05, 0.1) is 4.90 Å². The predicted molar refractivity (Wildman–Crippen MR) is 108 cm³/mol. The second kappa shape index (κ2) is 7.11. The van der Waals surface area contributed by atoms with Gasteiger partial charge in [0.1, 0.15) is 5.25 Å². The molecule has 1 aliphatic rings. The summed E-state index contributed by atoms with van der Waals surface area (Å²) >= 11 is 7.46. The van der Waals surface area contributed by atoms with Crippen LogP contribution in [-0.4, -0.2) is 37.6 Å². The molecule has 0 radical (unpaired) electrons. The van der Waals surface area contributed by atoms with Crippen molar-refractivity contribution in [2.75, 3.05) is 13.1 Å². The van der Waals surface area contributed by atoms with Crippen molar-refractivity contribution in [3.63, 3.8) is 0 Å². The molecule has 0 unspecified atom stereocenters. The van der Waals surface area contributed by atoms with E-state index in [0.717, 1.165) is 10.4 Å². The fraction of sp³-hybridized carbons (Fsp3) is 0.150. The summed E-state index contributed by atoms with van der Waals surface area (Å²) in [5, 5.41) is 1.92. The molecule has 1 aliphatic heterocycles. The van der Waals surface area contributed by atoms with E-state index in [1.54, 1.807) is 40.5 Å². The van der Waals surface area contributed by atoms with Crippen molar-refractivity contribution < 1.29 is 13.2 Å². The Bertz CT molecular complexity index is 1050. The van der Waals surface area contributed by atoms with Crippen molar-refractivity contribution in [2.45, 2.75) is 10.1 Å². The van der Waals surface area contributed by atoms with E-state index in [4.69, 9.17) is 11.6 Å². The second-order valence-electron chi connectivity index (χ2n) is 6.39. The van der Waals surface area contributed by atoms with Gasteiger partial charge in [0.25, 0.3) is 5.91 Å². The number of likely N-dealkylation sites (tertiary alicyclic amines) is 1. The lowest BCUT2D eigenvalue weighted by Gasteiger charge is -2.38. The van der Waals surface area contributed by atoms with Crippen LogP contribution >= 0.6 is 22.9 Å². The first-order valence-corrected chi connectivity index (χ1v) is 11.2. The molecule has 7 heteroatoms. The summed E-state index contributed by atoms with van der Waals surface area (Å²) < 4.78 is 25.3. The second-order valence-corrected chi connectivity index (χ2v) is 10.00. The molecule has 0 aliphatic carbocycles. The van der Waals surface area contributed by atoms with E-state index in [-0.39, 0.29) is 23.9 Å². The van der Waals surface area contributed by atoms with Gasteiger partial charge in [0.15, 0.2) is 9.84 Å². The quantitative estimate of drug-likeness (QED) is 0.633. The topological polar surface area (TPSA) is 54.5 Å². The minimum Gasteiger partial charge on any atom is -0.336 e. The highest BCUT2D eigenvalue weighted by atomic mass is 35.5. The van der Waals surface area contributed by atoms with Crippen molar-refractivity contribution >= 4 is 38.7 Å². The number of amides is 1. The van der Waals surface area contributed by atoms with Gasteiger partial charge < -0.3 is 4.90 Å². The molecule has 2 heterocycles. The smallest absolute Gasteiger partial charge is 0.253 e. The molecular formula is C20H16ClNO3S2. The van der Waals surface area contributed by atoms with Crippen LogP contribution in [-0.2, 0) is 9.84 Å². The minimum atomic E-state index is -3.46. The molecule has 0 saturated carbocycles. The van der Waals surface area contributed by atoms with Crippen LogP contribution in [0.1, 0.15) is 10.4 Å². The number of nitrogens with zero attached hydrogens (tertiary/aromatic N) is 1. The van der Waals surface area contributed by atoms with Gasteiger partial charge in [-0.1, -0.05) is 29.8 Å². The van der Waals surface area contributed by atoms with Gasteiger partial charge in [0, 0.05) is 28.6 Å². The van der Waals surface area contributed by atoms with Crippen molar-refractivity contribution in [3.8, 4) is 10.4 Å². The number of rotatable bonds is 4. The van der Waals surface area contributed by atoms with Crippen LogP contribution in [0.3, 0.4) is 0 Å². The van der Waals surface area contributed by atoms with Crippen LogP contribution in [0.4, 0.5) is 0 Å². The highest BCUT2D eigenvalue weighted by molar-refractivity contribution is 7.92. The van der Waals surface area contributed by atoms with E-state index in [1.165, 1.54) is 12.1 Å². The van der Waals surface area contributed by atoms with Crippen LogP contribution in [0, 0.1) is 0 Å². The molecule has 4 rings (SSSR count). The Hall–Kier alpha value is -2.15. The lowest BCUT2D eigenvalue weighted by atomic mass is 10.1. The van der Waals surface area contributed by atoms with Crippen molar-refractivity contribution in [1.82, 2.24) is 4.90 Å². The zero-order valence-corrected chi connectivity index (χ0v) is 16.6. The number of hydrogen-bond donors (Lipinski definition) is 0. The molecule has 2 aromatic carbocycles. The third-order valence-corrected chi connectivity index (χ3v) is 7.93. The lowest BCUT2D eigenvalue weighted by Crippen LogP contribution is -2.56. The molecular weight excluding hydrogens is 402 g/mol. The standard InChI is InChI=1S/C20H16ClNO3S2/c21-16-7-9-17(10-8-16)27(24,25)18-12-22(13-18)20(23)15-5-3-14(4-6-15)19-2-1-11-26-19/h1-11,18H,12-13H2. The number of hydrogen-bond acceptors (Lipinski definition) is 4. The molecule has 138 valence electrons. The van der Waals surface area contributed by atoms with Crippen molar-refractivity contribution in [2.24, 2.45) is 0 Å². The average Bonchev–Trinajstić information content (AvgIpc) is 3.15. The number of carbonyl (C=O) groups excluding carboxylic acids is 1. The Balaban J connectivity index is 1.43. The molecule has 0 N–H and O–H groups in total. The largest absolute Gasteiger partial charge is 0.336 e. The number of thiophene rings is 1. The lowest BCUT2D eigenvalue weighted by molar-refractivity contribution is 0.0659. The van der Waals surface area contributed by atoms with E-state index in [0.29, 0.717) is 10.6 Å². The van der Waals surface area contributed by atoms with E-state index in [2.05, 4.69) is 0 Å². The monoisotopic (exact) mass is 417 g/mol. The van der Waals surface area contributed by atoms with Gasteiger partial charge in [-0.05, 0) is 53.4 Å². The normalized spacial score (nSPS) is 14.8. The van der Waals surface area contributed by atoms with Crippen LogP contribution < -0.4 is 0 Å². The maximum absolute atomic E-state index is 12.6. The predicted octanol–water partition coefficient (Wildman–Crippen LogP) is 4.37. The fourth-order valence-electron chi connectivity index (χ4n) is 3.02. The number of halogens is 1. The summed E-state index contributed by atoms with van der Waals surface area (Å²) in [6, 6.07) is 17.6. The third kappa shape index (κ3) is 3.52. The molecule has 4 nitrogen and oxygen atoms in total. The summed E-state index contributed by atoms with van der Waals surface area (Å²) in [6.07, 6.45) is 0. The van der Waals surface area contributed by atoms with Crippen LogP contribution in [0.2, 0.25) is 5.02 Å². The molecule has 1 amide bonds. The number of carbonyl (C=O) groups is 1. The molecule has 1 aromatic heterocycles. The molecule has 1 saturated heterocycles. The van der Waals surface area contributed by atoms with Gasteiger partial charge in [-0.3, -0.25) is 4.79 Å². The SMILES string of the molecule is O=C(c1ccc(-c2cccs2)cc1)N1CC(S(=O)(=O)c2ccc(Cl)cc2)C1. The molecule has 3 aromatic rings. The van der Waals surface area contributed by atoms with Gasteiger partial charge in [-0.15, -0.1) is 11.3 Å². The fourth-order valence-corrected chi connectivity index (χ4v) is 5.53. The molecule has 0 atom stereocenters. The summed E-state index contributed by atoms with van der Waals surface area (Å²) in [5.41, 5.74) is 1.63. The maximum Gasteiger partial charge on any atom is 0.253 e. The first kappa shape index (κ1) is 18.2. The molecule has 27 heavy (non-hydrogen) atoms. The van der Waals surface area contributed by atoms with Gasteiger partial charge in [-0.25, -0.2) is 8.42 Å². The average molecular weight is 418 g/mol. The van der Waals surface area contributed by atoms with Crippen LogP contribution in [0.15, 0.2) is 70.9 Å². The van der Waals surface area contributed by atoms with Gasteiger partial charge in [0.2, 0.25) is 0 Å². The van der Waals surface area contributed by atoms with Crippen LogP contribution in [0.25, 0.3) is 10.4 Å². The summed E-state index contributed by atoms with van der Waals surface area (Å²) in [5.74, 6) is -0.143. The highest BCUT2D eigenvalue weighted by Gasteiger charge is 2.40. The summed E-state index contributed by atoms with van der Waals surface area (Å²) in [6.45, 7) is 0.410. The Morgan fingerprint density at radius 1 is 1.00 bits per heavy atom. The van der Waals surface area contributed by atoms with Gasteiger partial charge in [-0.2, -0.15) is 0 Å². The molecule has 0 bridgehead atoms. The Labute approximate surface area is 166 Å². The number of benzene rings is 2. The minimum absolute atomic E-state index is 0.143.